The largest absolute Gasteiger partial charge is 0.456 e. The van der Waals surface area contributed by atoms with Gasteiger partial charge in [-0.1, -0.05) is 12.1 Å². The highest BCUT2D eigenvalue weighted by molar-refractivity contribution is 5.92. The molecule has 1 aliphatic heterocycles. The van der Waals surface area contributed by atoms with Crippen LogP contribution in [-0.4, -0.2) is 69.8 Å². The zero-order valence-electron chi connectivity index (χ0n) is 20.4. The predicted octanol–water partition coefficient (Wildman–Crippen LogP) is 2.71. The van der Waals surface area contributed by atoms with Crippen LogP contribution in [0.15, 0.2) is 24.3 Å². The average molecular weight is 482 g/mol. The van der Waals surface area contributed by atoms with Crippen molar-refractivity contribution < 1.29 is 23.9 Å². The highest BCUT2D eigenvalue weighted by atomic mass is 16.6. The molecule has 10 nitrogen and oxygen atoms in total. The van der Waals surface area contributed by atoms with Gasteiger partial charge in [-0.2, -0.15) is 5.10 Å². The van der Waals surface area contributed by atoms with Crippen molar-refractivity contribution >= 4 is 34.5 Å². The first-order chi connectivity index (χ1) is 16.9. The molecule has 3 heterocycles. The number of nitrogens with zero attached hydrogens (tertiary/aromatic N) is 4. The number of aromatic nitrogens is 3. The molecule has 0 saturated carbocycles. The summed E-state index contributed by atoms with van der Waals surface area (Å²) in [6.07, 6.45) is 1.53. The lowest BCUT2D eigenvalue weighted by atomic mass is 10.1. The van der Waals surface area contributed by atoms with Crippen LogP contribution in [0.5, 0.6) is 0 Å². The summed E-state index contributed by atoms with van der Waals surface area (Å²) in [6, 6.07) is 7.79. The molecule has 0 aliphatic carbocycles. The van der Waals surface area contributed by atoms with Crippen LogP contribution in [0.2, 0.25) is 0 Å². The van der Waals surface area contributed by atoms with Gasteiger partial charge in [-0.3, -0.25) is 9.59 Å². The Morgan fingerprint density at radius 1 is 1.11 bits per heavy atom. The molecule has 0 atom stereocenters. The Kier molecular flexibility index (Phi) is 7.48. The van der Waals surface area contributed by atoms with Gasteiger partial charge in [0.25, 0.3) is 5.91 Å². The number of piperidine rings is 1. The van der Waals surface area contributed by atoms with Crippen molar-refractivity contribution in [1.29, 1.82) is 0 Å². The van der Waals surface area contributed by atoms with Gasteiger partial charge >= 0.3 is 12.1 Å². The maximum Gasteiger partial charge on any atom is 0.409 e. The number of likely N-dealkylation sites (tertiary alicyclic amines) is 1. The second-order valence-electron chi connectivity index (χ2n) is 8.70. The molecular formula is C25H31N5O5. The Balaban J connectivity index is 1.25. The number of hydrogen-bond acceptors (Lipinski definition) is 7. The second kappa shape index (κ2) is 10.7. The first kappa shape index (κ1) is 24.4. The van der Waals surface area contributed by atoms with Crippen LogP contribution in [-0.2, 0) is 25.5 Å². The van der Waals surface area contributed by atoms with Gasteiger partial charge in [0, 0.05) is 42.3 Å². The molecule has 2 amide bonds. The van der Waals surface area contributed by atoms with E-state index in [1.165, 1.54) is 0 Å². The summed E-state index contributed by atoms with van der Waals surface area (Å²) >= 11 is 0. The number of carbonyl (C=O) groups excluding carboxylic acids is 3. The Morgan fingerprint density at radius 2 is 1.86 bits per heavy atom. The van der Waals surface area contributed by atoms with Crippen LogP contribution in [0.4, 0.5) is 4.79 Å². The highest BCUT2D eigenvalue weighted by Gasteiger charge is 2.25. The lowest BCUT2D eigenvalue weighted by Gasteiger charge is -2.31. The van der Waals surface area contributed by atoms with Crippen LogP contribution < -0.4 is 5.32 Å². The van der Waals surface area contributed by atoms with E-state index in [1.807, 2.05) is 42.6 Å². The first-order valence-electron chi connectivity index (χ1n) is 12.0. The second-order valence-corrected chi connectivity index (χ2v) is 8.70. The number of esters is 1. The number of benzene rings is 1. The fraction of sp³-hybridized carbons (Fsp3) is 0.480. The van der Waals surface area contributed by atoms with Gasteiger partial charge in [0.2, 0.25) is 0 Å². The fourth-order valence-electron chi connectivity index (χ4n) is 4.47. The Morgan fingerprint density at radius 3 is 2.60 bits per heavy atom. The van der Waals surface area contributed by atoms with Crippen LogP contribution in [0, 0.1) is 13.8 Å². The van der Waals surface area contributed by atoms with Gasteiger partial charge in [-0.15, -0.1) is 0 Å². The van der Waals surface area contributed by atoms with Crippen molar-refractivity contribution in [2.45, 2.75) is 52.5 Å². The van der Waals surface area contributed by atoms with Gasteiger partial charge < -0.3 is 19.7 Å². The molecule has 1 fully saturated rings. The maximum atomic E-state index is 12.3. The molecule has 35 heavy (non-hydrogen) atoms. The highest BCUT2D eigenvalue weighted by Crippen LogP contribution is 2.23. The van der Waals surface area contributed by atoms with E-state index in [0.29, 0.717) is 39.0 Å². The predicted molar refractivity (Wildman–Crippen MR) is 129 cm³/mol. The number of aryl methyl sites for hydroxylation is 2. The summed E-state index contributed by atoms with van der Waals surface area (Å²) in [5, 5.41) is 8.50. The van der Waals surface area contributed by atoms with Crippen LogP contribution in [0.1, 0.15) is 43.1 Å². The summed E-state index contributed by atoms with van der Waals surface area (Å²) in [4.78, 5) is 42.7. The van der Waals surface area contributed by atoms with Crippen molar-refractivity contribution in [3.8, 4) is 0 Å². The first-order valence-corrected chi connectivity index (χ1v) is 12.0. The van der Waals surface area contributed by atoms with E-state index >= 15 is 0 Å². The molecule has 0 bridgehead atoms. The summed E-state index contributed by atoms with van der Waals surface area (Å²) in [5.41, 5.74) is 4.40. The van der Waals surface area contributed by atoms with E-state index in [9.17, 15) is 14.4 Å². The summed E-state index contributed by atoms with van der Waals surface area (Å²) < 4.78 is 12.0. The van der Waals surface area contributed by atoms with Crippen molar-refractivity contribution in [3.05, 3.63) is 41.2 Å². The summed E-state index contributed by atoms with van der Waals surface area (Å²) in [5.74, 6) is -0.784. The third-order valence-electron chi connectivity index (χ3n) is 6.35. The van der Waals surface area contributed by atoms with Crippen LogP contribution in [0.3, 0.4) is 0 Å². The molecule has 0 unspecified atom stereocenters. The number of fused-ring (bicyclic) bond motifs is 3. The molecule has 0 spiro atoms. The monoisotopic (exact) mass is 481 g/mol. The topological polar surface area (TPSA) is 115 Å². The number of ether oxygens (including phenoxy) is 2. The summed E-state index contributed by atoms with van der Waals surface area (Å²) in [7, 11) is 0. The minimum Gasteiger partial charge on any atom is -0.456 e. The van der Waals surface area contributed by atoms with Crippen LogP contribution >= 0.6 is 0 Å². The number of amides is 2. The van der Waals surface area contributed by atoms with Crippen molar-refractivity contribution in [3.63, 3.8) is 0 Å². The van der Waals surface area contributed by atoms with E-state index in [0.717, 1.165) is 33.5 Å². The lowest BCUT2D eigenvalue weighted by Crippen LogP contribution is -2.47. The van der Waals surface area contributed by atoms with Crippen LogP contribution in [0.25, 0.3) is 16.6 Å². The van der Waals surface area contributed by atoms with Gasteiger partial charge in [0.1, 0.15) is 0 Å². The number of nitrogens with one attached hydrogen (secondary N) is 1. The lowest BCUT2D eigenvalue weighted by molar-refractivity contribution is -0.148. The van der Waals surface area contributed by atoms with E-state index < -0.39 is 5.97 Å². The average Bonchev–Trinajstić information content (AvgIpc) is 3.22. The van der Waals surface area contributed by atoms with Crippen molar-refractivity contribution in [2.75, 3.05) is 26.3 Å². The third-order valence-corrected chi connectivity index (χ3v) is 6.35. The number of hydrogen-bond donors (Lipinski definition) is 1. The Labute approximate surface area is 203 Å². The molecule has 1 aliphatic rings. The molecule has 10 heteroatoms. The Bertz CT molecular complexity index is 1250. The minimum atomic E-state index is -0.443. The fourth-order valence-corrected chi connectivity index (χ4v) is 4.47. The van der Waals surface area contributed by atoms with E-state index in [4.69, 9.17) is 14.5 Å². The third kappa shape index (κ3) is 5.52. The van der Waals surface area contributed by atoms with Gasteiger partial charge in [0.05, 0.1) is 12.1 Å². The zero-order chi connectivity index (χ0) is 24.9. The van der Waals surface area contributed by atoms with Crippen molar-refractivity contribution in [2.24, 2.45) is 0 Å². The maximum absolute atomic E-state index is 12.3. The molecule has 3 aromatic rings. The minimum absolute atomic E-state index is 0.0560. The smallest absolute Gasteiger partial charge is 0.409 e. The molecule has 2 aromatic heterocycles. The zero-order valence-corrected chi connectivity index (χ0v) is 20.4. The van der Waals surface area contributed by atoms with Gasteiger partial charge in [-0.05, 0) is 57.7 Å². The molecule has 1 N–H and O–H groups in total. The van der Waals surface area contributed by atoms with Gasteiger partial charge in [-0.25, -0.2) is 14.3 Å². The number of rotatable bonds is 7. The molecule has 4 rings (SSSR count). The Hall–Kier alpha value is -3.69. The van der Waals surface area contributed by atoms with Crippen molar-refractivity contribution in [1.82, 2.24) is 24.8 Å². The molecule has 0 radical (unpaired) electrons. The quantitative estimate of drug-likeness (QED) is 0.516. The summed E-state index contributed by atoms with van der Waals surface area (Å²) in [6.45, 7) is 6.72. The standard InChI is InChI=1S/C25H31N5O5/c1-4-34-25(33)29-13-11-18(12-14-29)27-22(31)15-35-23(32)10-9-19-16(2)26-24-20-7-5-6-8-21(20)28-30(24)17(19)3/h5-8,18H,4,9-15H2,1-3H3,(H,27,31). The van der Waals surface area contributed by atoms with E-state index in [2.05, 4.69) is 10.4 Å². The van der Waals surface area contributed by atoms with E-state index in [-0.39, 0.29) is 31.1 Å². The number of carbonyl (C=O) groups is 3. The molecular weight excluding hydrogens is 450 g/mol. The van der Waals surface area contributed by atoms with Gasteiger partial charge in [0.15, 0.2) is 12.3 Å². The molecule has 1 saturated heterocycles. The van der Waals surface area contributed by atoms with E-state index in [1.54, 1.807) is 11.8 Å². The molecule has 1 aromatic carbocycles. The SMILES string of the molecule is CCOC(=O)N1CCC(NC(=O)COC(=O)CCc2c(C)nc3c4ccccc4nn3c2C)CC1. The normalized spacial score (nSPS) is 14.3. The molecule has 186 valence electrons.